The summed E-state index contributed by atoms with van der Waals surface area (Å²) in [7, 11) is 0. The summed E-state index contributed by atoms with van der Waals surface area (Å²) < 4.78 is 14.7. The minimum absolute atomic E-state index is 0.0963. The van der Waals surface area contributed by atoms with E-state index < -0.39 is 0 Å². The second kappa shape index (κ2) is 6.51. The van der Waals surface area contributed by atoms with Gasteiger partial charge in [0.25, 0.3) is 5.91 Å². The molecule has 2 atom stereocenters. The van der Waals surface area contributed by atoms with E-state index in [1.165, 1.54) is 28.6 Å². The number of hydrogen-bond donors (Lipinski definition) is 1. The fourth-order valence-electron chi connectivity index (χ4n) is 3.50. The summed E-state index contributed by atoms with van der Waals surface area (Å²) in [4.78, 5) is 19.4. The SMILES string of the molecule is Cc1nc2n(n1)C(=O)C(C(c1ccc(F)cc1)N1CCC(O)CC1)S2. The van der Waals surface area contributed by atoms with Gasteiger partial charge in [-0.15, -0.1) is 5.10 Å². The van der Waals surface area contributed by atoms with Gasteiger partial charge in [-0.05, 0) is 37.5 Å². The van der Waals surface area contributed by atoms with Gasteiger partial charge in [-0.25, -0.2) is 9.37 Å². The van der Waals surface area contributed by atoms with E-state index in [9.17, 15) is 14.3 Å². The zero-order valence-electron chi connectivity index (χ0n) is 13.8. The summed E-state index contributed by atoms with van der Waals surface area (Å²) in [5, 5.41) is 14.2. The number of likely N-dealkylation sites (tertiary alicyclic amines) is 1. The Morgan fingerprint density at radius 1 is 1.28 bits per heavy atom. The largest absolute Gasteiger partial charge is 0.393 e. The van der Waals surface area contributed by atoms with Crippen LogP contribution in [0.5, 0.6) is 0 Å². The molecule has 1 aromatic carbocycles. The third-order valence-corrected chi connectivity index (χ3v) is 5.95. The topological polar surface area (TPSA) is 71.2 Å². The molecular formula is C17H19FN4O2S. The third-order valence-electron chi connectivity index (χ3n) is 4.76. The van der Waals surface area contributed by atoms with Crippen LogP contribution in [0.25, 0.3) is 0 Å². The molecule has 8 heteroatoms. The molecule has 0 aliphatic carbocycles. The molecule has 1 saturated heterocycles. The number of aliphatic hydroxyl groups is 1. The van der Waals surface area contributed by atoms with Crippen LogP contribution >= 0.6 is 11.8 Å². The van der Waals surface area contributed by atoms with Crippen molar-refractivity contribution >= 4 is 17.7 Å². The fraction of sp³-hybridized carbons (Fsp3) is 0.471. The minimum atomic E-state index is -0.378. The van der Waals surface area contributed by atoms with Crippen LogP contribution in [0, 0.1) is 12.7 Å². The molecule has 0 radical (unpaired) electrons. The lowest BCUT2D eigenvalue weighted by Crippen LogP contribution is -2.44. The third kappa shape index (κ3) is 3.09. The van der Waals surface area contributed by atoms with Crippen molar-refractivity contribution in [2.75, 3.05) is 13.1 Å². The van der Waals surface area contributed by atoms with Crippen molar-refractivity contribution in [2.45, 2.75) is 42.3 Å². The van der Waals surface area contributed by atoms with Crippen molar-refractivity contribution in [3.05, 3.63) is 41.5 Å². The van der Waals surface area contributed by atoms with Crippen molar-refractivity contribution in [1.29, 1.82) is 0 Å². The van der Waals surface area contributed by atoms with Gasteiger partial charge < -0.3 is 5.11 Å². The highest BCUT2D eigenvalue weighted by atomic mass is 32.2. The second-order valence-electron chi connectivity index (χ2n) is 6.49. The Balaban J connectivity index is 1.67. The summed E-state index contributed by atoms with van der Waals surface area (Å²) >= 11 is 1.41. The predicted octanol–water partition coefficient (Wildman–Crippen LogP) is 2.04. The van der Waals surface area contributed by atoms with Gasteiger partial charge in [0, 0.05) is 13.1 Å². The molecule has 1 aromatic heterocycles. The van der Waals surface area contributed by atoms with Crippen LogP contribution in [0.15, 0.2) is 29.4 Å². The van der Waals surface area contributed by atoms with Gasteiger partial charge in [0.1, 0.15) is 16.9 Å². The second-order valence-corrected chi connectivity index (χ2v) is 7.60. The normalized spacial score (nSPS) is 23.0. The highest BCUT2D eigenvalue weighted by molar-refractivity contribution is 8.00. The van der Waals surface area contributed by atoms with Crippen LogP contribution in [0.3, 0.4) is 0 Å². The summed E-state index contributed by atoms with van der Waals surface area (Å²) in [6.45, 7) is 3.16. The summed E-state index contributed by atoms with van der Waals surface area (Å²) in [6.07, 6.45) is 1.05. The summed E-state index contributed by atoms with van der Waals surface area (Å²) in [5.41, 5.74) is 0.895. The highest BCUT2D eigenvalue weighted by Crippen LogP contribution is 2.41. The number of thioether (sulfide) groups is 1. The molecule has 0 amide bonds. The Morgan fingerprint density at radius 2 is 1.96 bits per heavy atom. The van der Waals surface area contributed by atoms with E-state index in [2.05, 4.69) is 15.0 Å². The van der Waals surface area contributed by atoms with Crippen LogP contribution in [-0.4, -0.2) is 55.1 Å². The molecule has 2 aliphatic heterocycles. The summed E-state index contributed by atoms with van der Waals surface area (Å²) in [6, 6.07) is 6.12. The monoisotopic (exact) mass is 362 g/mol. The molecule has 2 unspecified atom stereocenters. The lowest BCUT2D eigenvalue weighted by atomic mass is 9.97. The van der Waals surface area contributed by atoms with E-state index in [1.807, 2.05) is 0 Å². The zero-order valence-corrected chi connectivity index (χ0v) is 14.6. The Morgan fingerprint density at radius 3 is 2.60 bits per heavy atom. The van der Waals surface area contributed by atoms with Crippen molar-refractivity contribution in [3.8, 4) is 0 Å². The van der Waals surface area contributed by atoms with Crippen LogP contribution in [-0.2, 0) is 0 Å². The maximum atomic E-state index is 13.4. The molecule has 4 rings (SSSR count). The Bertz CT molecular complexity index is 786. The molecule has 1 N–H and O–H groups in total. The first-order chi connectivity index (χ1) is 12.0. The number of aliphatic hydroxyl groups excluding tert-OH is 1. The van der Waals surface area contributed by atoms with Gasteiger partial charge in [0.05, 0.1) is 12.1 Å². The molecule has 0 spiro atoms. The maximum Gasteiger partial charge on any atom is 0.264 e. The quantitative estimate of drug-likeness (QED) is 0.901. The molecule has 132 valence electrons. The van der Waals surface area contributed by atoms with E-state index in [4.69, 9.17) is 0 Å². The Hall–Kier alpha value is -1.77. The smallest absolute Gasteiger partial charge is 0.264 e. The van der Waals surface area contributed by atoms with Gasteiger partial charge in [-0.1, -0.05) is 23.9 Å². The molecule has 6 nitrogen and oxygen atoms in total. The number of fused-ring (bicyclic) bond motifs is 1. The molecule has 25 heavy (non-hydrogen) atoms. The lowest BCUT2D eigenvalue weighted by Gasteiger charge is -2.38. The van der Waals surface area contributed by atoms with Crippen molar-refractivity contribution in [3.63, 3.8) is 0 Å². The fourth-order valence-corrected chi connectivity index (χ4v) is 4.80. The van der Waals surface area contributed by atoms with E-state index in [0.29, 0.717) is 36.9 Å². The molecule has 2 aliphatic rings. The van der Waals surface area contributed by atoms with Crippen molar-refractivity contribution in [2.24, 2.45) is 0 Å². The number of aromatic nitrogens is 3. The molecule has 2 aromatic rings. The van der Waals surface area contributed by atoms with Gasteiger partial charge in [-0.3, -0.25) is 9.69 Å². The maximum absolute atomic E-state index is 13.4. The Labute approximate surface area is 149 Å². The number of halogens is 1. The lowest BCUT2D eigenvalue weighted by molar-refractivity contribution is 0.0551. The van der Waals surface area contributed by atoms with Crippen molar-refractivity contribution in [1.82, 2.24) is 19.7 Å². The van der Waals surface area contributed by atoms with E-state index in [1.54, 1.807) is 19.1 Å². The van der Waals surface area contributed by atoms with Gasteiger partial charge in [0.2, 0.25) is 0 Å². The van der Waals surface area contributed by atoms with Gasteiger partial charge >= 0.3 is 0 Å². The number of nitrogens with zero attached hydrogens (tertiary/aromatic N) is 4. The average Bonchev–Trinajstić information content (AvgIpc) is 3.09. The average molecular weight is 362 g/mol. The molecule has 1 fully saturated rings. The van der Waals surface area contributed by atoms with E-state index in [-0.39, 0.29) is 29.1 Å². The summed E-state index contributed by atoms with van der Waals surface area (Å²) in [5.74, 6) is 0.182. The zero-order chi connectivity index (χ0) is 17.6. The Kier molecular flexibility index (Phi) is 4.35. The first-order valence-corrected chi connectivity index (χ1v) is 9.23. The number of aryl methyl sites for hydroxylation is 1. The van der Waals surface area contributed by atoms with Crippen LogP contribution < -0.4 is 0 Å². The van der Waals surface area contributed by atoms with E-state index in [0.717, 1.165) is 5.56 Å². The molecule has 3 heterocycles. The van der Waals surface area contributed by atoms with Crippen LogP contribution in [0.1, 0.15) is 35.1 Å². The van der Waals surface area contributed by atoms with Gasteiger partial charge in [-0.2, -0.15) is 4.68 Å². The van der Waals surface area contributed by atoms with Crippen LogP contribution in [0.4, 0.5) is 4.39 Å². The molecule has 0 saturated carbocycles. The number of carbonyl (C=O) groups is 1. The predicted molar refractivity (Wildman–Crippen MR) is 91.0 cm³/mol. The van der Waals surface area contributed by atoms with E-state index >= 15 is 0 Å². The standard InChI is InChI=1S/C17H19FN4O2S/c1-10-19-17-22(20-10)16(24)15(25-17)14(11-2-4-12(18)5-3-11)21-8-6-13(23)7-9-21/h2-5,13-15,23H,6-9H2,1H3. The van der Waals surface area contributed by atoms with Gasteiger partial charge in [0.15, 0.2) is 5.16 Å². The molecular weight excluding hydrogens is 343 g/mol. The number of piperidine rings is 1. The first kappa shape index (κ1) is 16.7. The highest BCUT2D eigenvalue weighted by Gasteiger charge is 2.43. The number of benzene rings is 1. The van der Waals surface area contributed by atoms with Crippen LogP contribution in [0.2, 0.25) is 0 Å². The minimum Gasteiger partial charge on any atom is -0.393 e. The number of hydrogen-bond acceptors (Lipinski definition) is 6. The van der Waals surface area contributed by atoms with Crippen molar-refractivity contribution < 1.29 is 14.3 Å². The number of rotatable bonds is 3. The number of carbonyl (C=O) groups excluding carboxylic acids is 1. The first-order valence-electron chi connectivity index (χ1n) is 8.35. The molecule has 0 bridgehead atoms.